The third kappa shape index (κ3) is 1.54. The van der Waals surface area contributed by atoms with Crippen molar-refractivity contribution in [3.8, 4) is 11.5 Å². The van der Waals surface area contributed by atoms with Crippen LogP contribution in [0.5, 0.6) is 11.5 Å². The molecule has 0 aromatic heterocycles. The summed E-state index contributed by atoms with van der Waals surface area (Å²) in [4.78, 5) is 2.55. The van der Waals surface area contributed by atoms with Gasteiger partial charge in [-0.15, -0.1) is 0 Å². The van der Waals surface area contributed by atoms with Crippen LogP contribution in [0.25, 0.3) is 0 Å². The smallest absolute Gasteiger partial charge is 0.186 e. The van der Waals surface area contributed by atoms with E-state index in [-0.39, 0.29) is 22.6 Å². The average Bonchev–Trinajstić information content (AvgIpc) is 2.89. The van der Waals surface area contributed by atoms with E-state index in [1.54, 1.807) is 6.08 Å². The predicted octanol–water partition coefficient (Wildman–Crippen LogP) is 0.779. The quantitative estimate of drug-likeness (QED) is 0.513. The molecule has 7 heteroatoms. The van der Waals surface area contributed by atoms with Crippen LogP contribution < -0.4 is 4.74 Å². The Balaban J connectivity index is 1.87. The summed E-state index contributed by atoms with van der Waals surface area (Å²) in [7, 11) is 2.07. The van der Waals surface area contributed by atoms with Gasteiger partial charge in [0.05, 0.1) is 4.90 Å². The van der Waals surface area contributed by atoms with Crippen molar-refractivity contribution in [1.82, 2.24) is 4.90 Å². The van der Waals surface area contributed by atoms with Crippen LogP contribution in [-0.4, -0.2) is 55.7 Å². The number of phenolic OH excluding ortho intramolecular Hbond substituents is 1. The molecule has 1 saturated heterocycles. The van der Waals surface area contributed by atoms with E-state index >= 15 is 0 Å². The first kappa shape index (κ1) is 14.9. The van der Waals surface area contributed by atoms with E-state index in [4.69, 9.17) is 4.74 Å². The first-order valence-corrected chi connectivity index (χ1v) is 9.29. The number of hydrogen-bond donors (Lipinski definition) is 3. The number of phenols is 1. The molecule has 6 atom stereocenters. The highest BCUT2D eigenvalue weighted by Gasteiger charge is 2.64. The van der Waals surface area contributed by atoms with Crippen molar-refractivity contribution in [2.45, 2.75) is 41.4 Å². The molecule has 2 aliphatic carbocycles. The lowest BCUT2D eigenvalue weighted by Gasteiger charge is -2.56. The fourth-order valence-electron chi connectivity index (χ4n) is 5.45. The number of aliphatic hydroxyl groups excluding tert-OH is 1. The highest BCUT2D eigenvalue weighted by atomic mass is 32.2. The number of ether oxygens (including phenoxy) is 1. The van der Waals surface area contributed by atoms with Gasteiger partial charge in [0.15, 0.2) is 22.6 Å². The molecule has 0 radical (unpaired) electrons. The molecule has 24 heavy (non-hydrogen) atoms. The van der Waals surface area contributed by atoms with Gasteiger partial charge in [0.1, 0.15) is 12.2 Å². The van der Waals surface area contributed by atoms with Crippen LogP contribution in [0.1, 0.15) is 17.5 Å². The summed E-state index contributed by atoms with van der Waals surface area (Å²) in [6.07, 6.45) is 4.10. The zero-order valence-electron chi connectivity index (χ0n) is 13.2. The monoisotopic (exact) mass is 349 g/mol. The standard InChI is InChI=1S/C17H19NO5S/c1-18-5-4-17-9-2-3-11(19)16(17)23-15-12(20)7-13(24(21)22)8(14(15)17)6-10(9)18/h2-3,7,9-11,16,19-20H,4-6H2,1H3,(H,21,22)/t9-,10+,11-,16-,17-/m0/s1. The summed E-state index contributed by atoms with van der Waals surface area (Å²) >= 11 is -2.18. The minimum atomic E-state index is -2.18. The van der Waals surface area contributed by atoms with Crippen molar-refractivity contribution in [2.24, 2.45) is 5.92 Å². The molecule has 1 aromatic carbocycles. The number of rotatable bonds is 1. The Morgan fingerprint density at radius 3 is 2.96 bits per heavy atom. The maximum Gasteiger partial charge on any atom is 0.186 e. The van der Waals surface area contributed by atoms with Gasteiger partial charge in [-0.3, -0.25) is 0 Å². The van der Waals surface area contributed by atoms with E-state index in [0.29, 0.717) is 12.2 Å². The molecule has 3 N–H and O–H groups in total. The largest absolute Gasteiger partial charge is 0.504 e. The summed E-state index contributed by atoms with van der Waals surface area (Å²) in [5, 5.41) is 20.9. The number of likely N-dealkylation sites (tertiary alicyclic amines) is 1. The van der Waals surface area contributed by atoms with Crippen LogP contribution in [0, 0.1) is 5.92 Å². The van der Waals surface area contributed by atoms with Crippen LogP contribution in [0.2, 0.25) is 0 Å². The lowest BCUT2D eigenvalue weighted by Crippen LogP contribution is -2.64. The number of likely N-dealkylation sites (N-methyl/N-ethyl adjacent to an activating group) is 1. The number of nitrogens with zero attached hydrogens (tertiary/aromatic N) is 1. The molecule has 1 unspecified atom stereocenters. The summed E-state index contributed by atoms with van der Waals surface area (Å²) in [6.45, 7) is 0.869. The van der Waals surface area contributed by atoms with Crippen molar-refractivity contribution in [3.05, 3.63) is 29.3 Å². The second-order valence-electron chi connectivity index (χ2n) is 7.31. The molecular formula is C17H19NO5S. The van der Waals surface area contributed by atoms with Crippen molar-refractivity contribution in [1.29, 1.82) is 0 Å². The van der Waals surface area contributed by atoms with Gasteiger partial charge in [0.25, 0.3) is 0 Å². The van der Waals surface area contributed by atoms with Gasteiger partial charge in [-0.25, -0.2) is 4.21 Å². The molecule has 1 spiro atoms. The topological polar surface area (TPSA) is 90.2 Å². The second-order valence-corrected chi connectivity index (χ2v) is 8.25. The van der Waals surface area contributed by atoms with E-state index in [1.165, 1.54) is 6.07 Å². The maximum atomic E-state index is 11.9. The summed E-state index contributed by atoms with van der Waals surface area (Å²) in [5.74, 6) is 0.443. The van der Waals surface area contributed by atoms with E-state index in [9.17, 15) is 19.0 Å². The third-order valence-corrected chi connectivity index (χ3v) is 7.17. The number of aromatic hydroxyl groups is 1. The molecule has 6 nitrogen and oxygen atoms in total. The normalized spacial score (nSPS) is 40.1. The molecule has 0 saturated carbocycles. The van der Waals surface area contributed by atoms with Crippen LogP contribution in [0.3, 0.4) is 0 Å². The van der Waals surface area contributed by atoms with E-state index in [0.717, 1.165) is 24.1 Å². The first-order valence-electron chi connectivity index (χ1n) is 8.18. The van der Waals surface area contributed by atoms with Crippen molar-refractivity contribution >= 4 is 11.1 Å². The van der Waals surface area contributed by atoms with Gasteiger partial charge in [0, 0.05) is 29.0 Å². The summed E-state index contributed by atoms with van der Waals surface area (Å²) in [6, 6.07) is 1.53. The van der Waals surface area contributed by atoms with E-state index in [1.807, 2.05) is 0 Å². The lowest BCUT2D eigenvalue weighted by atomic mass is 9.53. The third-order valence-electron chi connectivity index (χ3n) is 6.43. The number of piperidine rings is 1. The number of aliphatic hydroxyl groups is 1. The van der Waals surface area contributed by atoms with Crippen LogP contribution in [0.4, 0.5) is 0 Å². The molecule has 2 aliphatic heterocycles. The number of hydrogen-bond acceptors (Lipinski definition) is 5. The van der Waals surface area contributed by atoms with Crippen LogP contribution in [-0.2, 0) is 22.9 Å². The SMILES string of the molecule is CN1CC[C@]23c4c5c(S(=O)O)cc(O)c4O[C@H]2[C@@H](O)C=C[C@H]3[C@H]1C5. The minimum absolute atomic E-state index is 0.113. The van der Waals surface area contributed by atoms with Gasteiger partial charge < -0.3 is 24.4 Å². The van der Waals surface area contributed by atoms with Crippen molar-refractivity contribution in [2.75, 3.05) is 13.6 Å². The summed E-state index contributed by atoms with van der Waals surface area (Å²) < 4.78 is 27.6. The molecule has 128 valence electrons. The highest BCUT2D eigenvalue weighted by Crippen LogP contribution is 2.63. The summed E-state index contributed by atoms with van der Waals surface area (Å²) in [5.41, 5.74) is 1.23. The van der Waals surface area contributed by atoms with Gasteiger partial charge in [0.2, 0.25) is 0 Å². The van der Waals surface area contributed by atoms with E-state index < -0.39 is 28.7 Å². The Labute approximate surface area is 142 Å². The van der Waals surface area contributed by atoms with Crippen molar-refractivity contribution < 1.29 is 23.7 Å². The molecular weight excluding hydrogens is 330 g/mol. The van der Waals surface area contributed by atoms with Gasteiger partial charge in [-0.05, 0) is 32.0 Å². The predicted molar refractivity (Wildman–Crippen MR) is 86.6 cm³/mol. The van der Waals surface area contributed by atoms with Gasteiger partial charge in [-0.2, -0.15) is 0 Å². The zero-order chi connectivity index (χ0) is 16.8. The van der Waals surface area contributed by atoms with Crippen molar-refractivity contribution in [3.63, 3.8) is 0 Å². The van der Waals surface area contributed by atoms with E-state index in [2.05, 4.69) is 18.0 Å². The Kier molecular flexibility index (Phi) is 2.86. The fourth-order valence-corrected chi connectivity index (χ4v) is 6.05. The zero-order valence-corrected chi connectivity index (χ0v) is 14.0. The average molecular weight is 349 g/mol. The molecule has 2 bridgehead atoms. The Morgan fingerprint density at radius 1 is 1.42 bits per heavy atom. The van der Waals surface area contributed by atoms with Gasteiger partial charge >= 0.3 is 0 Å². The molecule has 4 aliphatic rings. The lowest BCUT2D eigenvalue weighted by molar-refractivity contribution is -0.0455. The Morgan fingerprint density at radius 2 is 2.21 bits per heavy atom. The second kappa shape index (κ2) is 4.60. The minimum Gasteiger partial charge on any atom is -0.504 e. The molecule has 1 aromatic rings. The van der Waals surface area contributed by atoms with Crippen LogP contribution >= 0.6 is 0 Å². The first-order chi connectivity index (χ1) is 11.4. The Bertz CT molecular complexity index is 809. The Hall–Kier alpha value is -1.41. The molecule has 5 rings (SSSR count). The molecule has 2 heterocycles. The fraction of sp³-hybridized carbons (Fsp3) is 0.529. The molecule has 1 fully saturated rings. The highest BCUT2D eigenvalue weighted by molar-refractivity contribution is 7.79. The molecule has 0 amide bonds. The number of benzene rings is 1. The maximum absolute atomic E-state index is 11.9. The van der Waals surface area contributed by atoms with Gasteiger partial charge in [-0.1, -0.05) is 12.2 Å². The van der Waals surface area contributed by atoms with Crippen LogP contribution in [0.15, 0.2) is 23.1 Å².